The van der Waals surface area contributed by atoms with Gasteiger partial charge in [0, 0.05) is 12.8 Å². The fourth-order valence-electron chi connectivity index (χ4n) is 0.861. The summed E-state index contributed by atoms with van der Waals surface area (Å²) in [5.41, 5.74) is -1.03. The lowest BCUT2D eigenvalue weighted by Gasteiger charge is -2.15. The zero-order valence-electron chi connectivity index (χ0n) is 8.64. The molecule has 2 N–H and O–H groups in total. The molecule has 0 aromatic heterocycles. The fraction of sp³-hybridized carbons (Fsp3) is 0.818. The van der Waals surface area contributed by atoms with E-state index in [1.807, 2.05) is 0 Å². The first-order chi connectivity index (χ1) is 6.12. The van der Waals surface area contributed by atoms with E-state index in [2.05, 4.69) is 18.8 Å². The van der Waals surface area contributed by atoms with E-state index >= 15 is 0 Å². The number of rotatable bonds is 5. The van der Waals surface area contributed by atoms with Crippen molar-refractivity contribution < 1.29 is 10.2 Å². The Morgan fingerprint density at radius 2 is 1.92 bits per heavy atom. The average Bonchev–Trinajstić information content (AvgIpc) is 2.11. The molecule has 0 radical (unpaired) electrons. The molecule has 0 saturated heterocycles. The normalized spacial score (nSPS) is 14.5. The van der Waals surface area contributed by atoms with E-state index < -0.39 is 5.60 Å². The van der Waals surface area contributed by atoms with Gasteiger partial charge in [-0.1, -0.05) is 19.8 Å². The second-order valence-corrected chi connectivity index (χ2v) is 3.64. The molecule has 2 nitrogen and oxygen atoms in total. The predicted octanol–water partition coefficient (Wildman–Crippen LogP) is 1.70. The maximum Gasteiger partial charge on any atom is 0.0957 e. The van der Waals surface area contributed by atoms with Gasteiger partial charge < -0.3 is 10.2 Å². The van der Waals surface area contributed by atoms with Crippen LogP contribution in [0.4, 0.5) is 0 Å². The van der Waals surface area contributed by atoms with Gasteiger partial charge in [-0.15, -0.1) is 11.8 Å². The summed E-state index contributed by atoms with van der Waals surface area (Å²) >= 11 is 0. The Bertz CT molecular complexity index is 174. The average molecular weight is 184 g/mol. The second kappa shape index (κ2) is 6.94. The van der Waals surface area contributed by atoms with Crippen molar-refractivity contribution in [3.63, 3.8) is 0 Å². The Labute approximate surface area is 81.0 Å². The molecule has 1 atom stereocenters. The molecular formula is C11H20O2. The zero-order chi connectivity index (χ0) is 10.2. The topological polar surface area (TPSA) is 40.5 Å². The van der Waals surface area contributed by atoms with Gasteiger partial charge in [-0.2, -0.15) is 0 Å². The predicted molar refractivity (Wildman–Crippen MR) is 54.2 cm³/mol. The number of hydrogen-bond acceptors (Lipinski definition) is 2. The van der Waals surface area contributed by atoms with Crippen molar-refractivity contribution >= 4 is 0 Å². The van der Waals surface area contributed by atoms with Crippen LogP contribution < -0.4 is 0 Å². The summed E-state index contributed by atoms with van der Waals surface area (Å²) in [5.74, 6) is 5.86. The van der Waals surface area contributed by atoms with Crippen molar-refractivity contribution in [2.24, 2.45) is 0 Å². The van der Waals surface area contributed by atoms with Crippen LogP contribution >= 0.6 is 0 Å². The summed E-state index contributed by atoms with van der Waals surface area (Å²) in [4.78, 5) is 0. The highest BCUT2D eigenvalue weighted by molar-refractivity contribution is 5.02. The molecule has 0 aromatic rings. The molecule has 0 fully saturated rings. The molecule has 1 unspecified atom stereocenters. The largest absolute Gasteiger partial charge is 0.393 e. The second-order valence-electron chi connectivity index (χ2n) is 3.64. The van der Waals surface area contributed by atoms with Crippen LogP contribution in [0, 0.1) is 11.8 Å². The fourth-order valence-corrected chi connectivity index (χ4v) is 0.861. The van der Waals surface area contributed by atoms with E-state index in [1.165, 1.54) is 12.8 Å². The SMILES string of the molecule is CCCCCC#CCC(C)(O)CO. The van der Waals surface area contributed by atoms with Crippen LogP contribution in [0.25, 0.3) is 0 Å². The third-order valence-electron chi connectivity index (χ3n) is 1.84. The number of unbranched alkanes of at least 4 members (excludes halogenated alkanes) is 3. The first kappa shape index (κ1) is 12.5. The van der Waals surface area contributed by atoms with Crippen LogP contribution in [-0.4, -0.2) is 22.4 Å². The molecule has 0 amide bonds. The first-order valence-electron chi connectivity index (χ1n) is 4.91. The summed E-state index contributed by atoms with van der Waals surface area (Å²) in [5, 5.41) is 18.1. The van der Waals surface area contributed by atoms with E-state index in [-0.39, 0.29) is 6.61 Å². The molecule has 0 heterocycles. The van der Waals surface area contributed by atoms with Gasteiger partial charge in [-0.3, -0.25) is 0 Å². The Morgan fingerprint density at radius 3 is 2.46 bits per heavy atom. The minimum Gasteiger partial charge on any atom is -0.393 e. The maximum absolute atomic E-state index is 9.37. The van der Waals surface area contributed by atoms with E-state index in [0.717, 1.165) is 12.8 Å². The van der Waals surface area contributed by atoms with E-state index in [4.69, 9.17) is 5.11 Å². The van der Waals surface area contributed by atoms with Gasteiger partial charge in [0.25, 0.3) is 0 Å². The number of aliphatic hydroxyl groups excluding tert-OH is 1. The highest BCUT2D eigenvalue weighted by atomic mass is 16.3. The molecule has 0 saturated carbocycles. The minimum atomic E-state index is -1.03. The number of hydrogen-bond donors (Lipinski definition) is 2. The molecule has 0 aliphatic heterocycles. The molecule has 0 rings (SSSR count). The van der Waals surface area contributed by atoms with Crippen molar-refractivity contribution in [1.82, 2.24) is 0 Å². The molecular weight excluding hydrogens is 164 g/mol. The van der Waals surface area contributed by atoms with Gasteiger partial charge in [0.05, 0.1) is 12.2 Å². The van der Waals surface area contributed by atoms with Gasteiger partial charge in [0.2, 0.25) is 0 Å². The lowest BCUT2D eigenvalue weighted by Crippen LogP contribution is -2.27. The third kappa shape index (κ3) is 7.83. The van der Waals surface area contributed by atoms with Crippen LogP contribution in [0.15, 0.2) is 0 Å². The monoisotopic (exact) mass is 184 g/mol. The van der Waals surface area contributed by atoms with Gasteiger partial charge in [0.1, 0.15) is 0 Å². The van der Waals surface area contributed by atoms with E-state index in [1.54, 1.807) is 6.92 Å². The van der Waals surface area contributed by atoms with Gasteiger partial charge in [0.15, 0.2) is 0 Å². The summed E-state index contributed by atoms with van der Waals surface area (Å²) in [7, 11) is 0. The lowest BCUT2D eigenvalue weighted by molar-refractivity contribution is 0.00628. The van der Waals surface area contributed by atoms with Crippen molar-refractivity contribution in [3.8, 4) is 11.8 Å². The smallest absolute Gasteiger partial charge is 0.0957 e. The zero-order valence-corrected chi connectivity index (χ0v) is 8.64. The highest BCUT2D eigenvalue weighted by Crippen LogP contribution is 2.06. The number of aliphatic hydroxyl groups is 2. The summed E-state index contributed by atoms with van der Waals surface area (Å²) in [6.45, 7) is 3.52. The van der Waals surface area contributed by atoms with Crippen LogP contribution in [0.2, 0.25) is 0 Å². The van der Waals surface area contributed by atoms with Crippen LogP contribution in [0.1, 0.15) is 46.0 Å². The van der Waals surface area contributed by atoms with Crippen molar-refractivity contribution in [2.75, 3.05) is 6.61 Å². The molecule has 0 aliphatic rings. The molecule has 0 aromatic carbocycles. The van der Waals surface area contributed by atoms with Gasteiger partial charge in [-0.25, -0.2) is 0 Å². The van der Waals surface area contributed by atoms with Crippen molar-refractivity contribution in [3.05, 3.63) is 0 Å². The molecule has 0 spiro atoms. The van der Waals surface area contributed by atoms with Gasteiger partial charge in [-0.05, 0) is 13.3 Å². The molecule has 2 heteroatoms. The molecule has 76 valence electrons. The summed E-state index contributed by atoms with van der Waals surface area (Å²) in [6, 6.07) is 0. The highest BCUT2D eigenvalue weighted by Gasteiger charge is 2.16. The molecule has 0 aliphatic carbocycles. The first-order valence-corrected chi connectivity index (χ1v) is 4.91. The molecule has 13 heavy (non-hydrogen) atoms. The lowest BCUT2D eigenvalue weighted by atomic mass is 10.0. The van der Waals surface area contributed by atoms with Crippen molar-refractivity contribution in [2.45, 2.75) is 51.6 Å². The Morgan fingerprint density at radius 1 is 1.23 bits per heavy atom. The maximum atomic E-state index is 9.37. The van der Waals surface area contributed by atoms with Crippen LogP contribution in [-0.2, 0) is 0 Å². The molecule has 0 bridgehead atoms. The van der Waals surface area contributed by atoms with Crippen LogP contribution in [0.3, 0.4) is 0 Å². The summed E-state index contributed by atoms with van der Waals surface area (Å²) < 4.78 is 0. The van der Waals surface area contributed by atoms with E-state index in [9.17, 15) is 5.11 Å². The third-order valence-corrected chi connectivity index (χ3v) is 1.84. The van der Waals surface area contributed by atoms with Crippen molar-refractivity contribution in [1.29, 1.82) is 0 Å². The standard InChI is InChI=1S/C11H20O2/c1-3-4-5-6-7-8-9-11(2,13)10-12/h12-13H,3-6,9-10H2,1-2H3. The Hall–Kier alpha value is -0.520. The van der Waals surface area contributed by atoms with Gasteiger partial charge >= 0.3 is 0 Å². The Kier molecular flexibility index (Phi) is 6.66. The summed E-state index contributed by atoms with van der Waals surface area (Å²) in [6.07, 6.45) is 4.80. The van der Waals surface area contributed by atoms with Crippen LogP contribution in [0.5, 0.6) is 0 Å². The minimum absolute atomic E-state index is 0.226. The Balaban J connectivity index is 3.50. The quantitative estimate of drug-likeness (QED) is 0.504. The van der Waals surface area contributed by atoms with E-state index in [0.29, 0.717) is 6.42 Å².